The first-order valence-electron chi connectivity index (χ1n) is 5.44. The van der Waals surface area contributed by atoms with Crippen LogP contribution < -0.4 is 15.6 Å². The Balaban J connectivity index is 2.25. The van der Waals surface area contributed by atoms with Crippen molar-refractivity contribution >= 4 is 27.5 Å². The SMILES string of the molecule is COc1ccccc1NC(=O)c1c[nH]c(=O)c(Br)c1. The number of halogens is 1. The summed E-state index contributed by atoms with van der Waals surface area (Å²) in [5.41, 5.74) is 0.628. The van der Waals surface area contributed by atoms with Crippen molar-refractivity contribution in [1.29, 1.82) is 0 Å². The monoisotopic (exact) mass is 322 g/mol. The number of amides is 1. The summed E-state index contributed by atoms with van der Waals surface area (Å²) in [5, 5.41) is 2.72. The van der Waals surface area contributed by atoms with Gasteiger partial charge in [0.05, 0.1) is 22.8 Å². The fourth-order valence-corrected chi connectivity index (χ4v) is 1.89. The maximum atomic E-state index is 12.0. The highest BCUT2D eigenvalue weighted by molar-refractivity contribution is 9.10. The first-order chi connectivity index (χ1) is 9.11. The van der Waals surface area contributed by atoms with Gasteiger partial charge in [0.15, 0.2) is 0 Å². The largest absolute Gasteiger partial charge is 0.495 e. The zero-order valence-corrected chi connectivity index (χ0v) is 11.7. The van der Waals surface area contributed by atoms with Gasteiger partial charge < -0.3 is 15.0 Å². The number of aromatic nitrogens is 1. The van der Waals surface area contributed by atoms with Gasteiger partial charge in [0.25, 0.3) is 11.5 Å². The number of nitrogens with one attached hydrogen (secondary N) is 2. The molecule has 0 aliphatic heterocycles. The second-order valence-corrected chi connectivity index (χ2v) is 4.57. The maximum absolute atomic E-state index is 12.0. The lowest BCUT2D eigenvalue weighted by Crippen LogP contribution is -2.16. The standard InChI is InChI=1S/C13H11BrN2O3/c1-19-11-5-3-2-4-10(11)16-12(17)8-6-9(14)13(18)15-7-8/h2-7H,1H3,(H,15,18)(H,16,17). The van der Waals surface area contributed by atoms with E-state index in [1.54, 1.807) is 18.2 Å². The molecule has 2 aromatic rings. The minimum Gasteiger partial charge on any atom is -0.495 e. The first kappa shape index (κ1) is 13.4. The van der Waals surface area contributed by atoms with Gasteiger partial charge in [-0.2, -0.15) is 0 Å². The smallest absolute Gasteiger partial charge is 0.262 e. The Hall–Kier alpha value is -2.08. The van der Waals surface area contributed by atoms with Crippen LogP contribution in [-0.2, 0) is 0 Å². The first-order valence-corrected chi connectivity index (χ1v) is 6.23. The summed E-state index contributed by atoms with van der Waals surface area (Å²) in [5.74, 6) is 0.237. The second kappa shape index (κ2) is 5.71. The molecule has 98 valence electrons. The Morgan fingerprint density at radius 1 is 1.37 bits per heavy atom. The summed E-state index contributed by atoms with van der Waals surface area (Å²) in [7, 11) is 1.53. The molecule has 2 rings (SSSR count). The van der Waals surface area contributed by atoms with Crippen LogP contribution in [0, 0.1) is 0 Å². The van der Waals surface area contributed by atoms with Crippen molar-refractivity contribution in [3.05, 3.63) is 56.9 Å². The number of hydrogen-bond donors (Lipinski definition) is 2. The molecular formula is C13H11BrN2O3. The Morgan fingerprint density at radius 3 is 2.79 bits per heavy atom. The van der Waals surface area contributed by atoms with E-state index in [4.69, 9.17) is 4.74 Å². The predicted molar refractivity (Wildman–Crippen MR) is 75.7 cm³/mol. The van der Waals surface area contributed by atoms with Gasteiger partial charge in [-0.05, 0) is 34.1 Å². The van der Waals surface area contributed by atoms with E-state index in [2.05, 4.69) is 26.2 Å². The van der Waals surface area contributed by atoms with E-state index in [0.29, 0.717) is 21.5 Å². The fourth-order valence-electron chi connectivity index (χ4n) is 1.53. The van der Waals surface area contributed by atoms with E-state index in [1.165, 1.54) is 19.4 Å². The molecule has 1 heterocycles. The van der Waals surface area contributed by atoms with Crippen LogP contribution >= 0.6 is 15.9 Å². The zero-order chi connectivity index (χ0) is 13.8. The number of ether oxygens (including phenoxy) is 1. The summed E-state index contributed by atoms with van der Waals surface area (Å²) in [6.07, 6.45) is 1.36. The maximum Gasteiger partial charge on any atom is 0.262 e. The van der Waals surface area contributed by atoms with Gasteiger partial charge in [0.1, 0.15) is 5.75 Å². The third-order valence-corrected chi connectivity index (χ3v) is 3.06. The topological polar surface area (TPSA) is 71.2 Å². The molecule has 0 radical (unpaired) electrons. The molecule has 0 aliphatic carbocycles. The van der Waals surface area contributed by atoms with Crippen molar-refractivity contribution in [3.63, 3.8) is 0 Å². The van der Waals surface area contributed by atoms with Crippen molar-refractivity contribution in [1.82, 2.24) is 4.98 Å². The molecule has 0 unspecified atom stereocenters. The third-order valence-electron chi connectivity index (χ3n) is 2.48. The Morgan fingerprint density at radius 2 is 2.11 bits per heavy atom. The van der Waals surface area contributed by atoms with Gasteiger partial charge in [0, 0.05) is 6.20 Å². The van der Waals surface area contributed by atoms with Gasteiger partial charge in [-0.15, -0.1) is 0 Å². The van der Waals surface area contributed by atoms with Crippen LogP contribution in [0.15, 0.2) is 45.8 Å². The number of methoxy groups -OCH3 is 1. The Bertz CT molecular complexity index is 667. The van der Waals surface area contributed by atoms with Crippen LogP contribution in [0.25, 0.3) is 0 Å². The van der Waals surface area contributed by atoms with Crippen LogP contribution in [-0.4, -0.2) is 18.0 Å². The Kier molecular flexibility index (Phi) is 4.01. The number of benzene rings is 1. The second-order valence-electron chi connectivity index (χ2n) is 3.72. The summed E-state index contributed by atoms with van der Waals surface area (Å²) in [6, 6.07) is 8.55. The van der Waals surface area contributed by atoms with Gasteiger partial charge in [-0.1, -0.05) is 12.1 Å². The van der Waals surface area contributed by atoms with Crippen LogP contribution in [0.4, 0.5) is 5.69 Å². The molecule has 1 aromatic heterocycles. The van der Waals surface area contributed by atoms with E-state index in [-0.39, 0.29) is 11.5 Å². The molecule has 19 heavy (non-hydrogen) atoms. The number of para-hydroxylation sites is 2. The Labute approximate surface area is 117 Å². The van der Waals surface area contributed by atoms with Gasteiger partial charge in [0.2, 0.25) is 0 Å². The van der Waals surface area contributed by atoms with Crippen LogP contribution in [0.2, 0.25) is 0 Å². The molecule has 0 aliphatic rings. The van der Waals surface area contributed by atoms with Crippen molar-refractivity contribution < 1.29 is 9.53 Å². The van der Waals surface area contributed by atoms with Crippen molar-refractivity contribution in [2.45, 2.75) is 0 Å². The fraction of sp³-hybridized carbons (Fsp3) is 0.0769. The normalized spacial score (nSPS) is 10.0. The van der Waals surface area contributed by atoms with Gasteiger partial charge in [-0.3, -0.25) is 9.59 Å². The average Bonchev–Trinajstić information content (AvgIpc) is 2.42. The molecule has 1 aromatic carbocycles. The van der Waals surface area contributed by atoms with E-state index in [9.17, 15) is 9.59 Å². The molecule has 0 saturated carbocycles. The van der Waals surface area contributed by atoms with E-state index < -0.39 is 0 Å². The number of carbonyl (C=O) groups excluding carboxylic acids is 1. The predicted octanol–water partition coefficient (Wildman–Crippen LogP) is 2.40. The molecule has 2 N–H and O–H groups in total. The van der Waals surface area contributed by atoms with Crippen LogP contribution in [0.1, 0.15) is 10.4 Å². The minimum absolute atomic E-state index is 0.283. The lowest BCUT2D eigenvalue weighted by Gasteiger charge is -2.09. The lowest BCUT2D eigenvalue weighted by atomic mass is 10.2. The number of pyridine rings is 1. The van der Waals surface area contributed by atoms with Crippen LogP contribution in [0.3, 0.4) is 0 Å². The summed E-state index contributed by atoms with van der Waals surface area (Å²) in [4.78, 5) is 25.7. The van der Waals surface area contributed by atoms with Gasteiger partial charge >= 0.3 is 0 Å². The van der Waals surface area contributed by atoms with Crippen molar-refractivity contribution in [2.75, 3.05) is 12.4 Å². The average molecular weight is 323 g/mol. The summed E-state index contributed by atoms with van der Waals surface area (Å²) >= 11 is 3.08. The lowest BCUT2D eigenvalue weighted by molar-refractivity contribution is 0.102. The molecule has 0 spiro atoms. The van der Waals surface area contributed by atoms with E-state index in [0.717, 1.165) is 0 Å². The van der Waals surface area contributed by atoms with E-state index >= 15 is 0 Å². The van der Waals surface area contributed by atoms with Crippen molar-refractivity contribution in [3.8, 4) is 5.75 Å². The molecule has 0 fully saturated rings. The number of hydrogen-bond acceptors (Lipinski definition) is 3. The number of anilines is 1. The highest BCUT2D eigenvalue weighted by atomic mass is 79.9. The summed E-state index contributed by atoms with van der Waals surface area (Å²) < 4.78 is 5.45. The summed E-state index contributed by atoms with van der Waals surface area (Å²) in [6.45, 7) is 0. The molecular weight excluding hydrogens is 312 g/mol. The number of rotatable bonds is 3. The van der Waals surface area contributed by atoms with E-state index in [1.807, 2.05) is 6.07 Å². The third kappa shape index (κ3) is 3.03. The number of H-pyrrole nitrogens is 1. The van der Waals surface area contributed by atoms with Gasteiger partial charge in [-0.25, -0.2) is 0 Å². The molecule has 1 amide bonds. The quantitative estimate of drug-likeness (QED) is 0.911. The number of aromatic amines is 1. The molecule has 0 bridgehead atoms. The highest BCUT2D eigenvalue weighted by Gasteiger charge is 2.10. The highest BCUT2D eigenvalue weighted by Crippen LogP contribution is 2.23. The number of carbonyl (C=O) groups is 1. The molecule has 0 atom stereocenters. The molecule has 5 nitrogen and oxygen atoms in total. The molecule has 0 saturated heterocycles. The molecule has 6 heteroatoms. The minimum atomic E-state index is -0.332. The van der Waals surface area contributed by atoms with Crippen molar-refractivity contribution in [2.24, 2.45) is 0 Å². The zero-order valence-electron chi connectivity index (χ0n) is 10.1. The van der Waals surface area contributed by atoms with Crippen LogP contribution in [0.5, 0.6) is 5.75 Å².